The number of hydrogen-bond donors (Lipinski definition) is 3. The van der Waals surface area contributed by atoms with Crippen molar-refractivity contribution in [2.24, 2.45) is 5.92 Å². The number of aliphatic hydroxyl groups is 1. The van der Waals surface area contributed by atoms with E-state index in [2.05, 4.69) is 16.8 Å². The van der Waals surface area contributed by atoms with E-state index < -0.39 is 29.2 Å². The number of aromatic hydroxyl groups is 1. The summed E-state index contributed by atoms with van der Waals surface area (Å²) in [6, 6.07) is 11.5. The van der Waals surface area contributed by atoms with Gasteiger partial charge in [0, 0.05) is 36.5 Å². The molecule has 4 atom stereocenters. The lowest BCUT2D eigenvalue weighted by Gasteiger charge is -2.54. The summed E-state index contributed by atoms with van der Waals surface area (Å²) in [7, 11) is 0. The molecule has 0 spiro atoms. The molecule has 2 fully saturated rings. The summed E-state index contributed by atoms with van der Waals surface area (Å²) >= 11 is 0. The van der Waals surface area contributed by atoms with E-state index in [9.17, 15) is 28.2 Å². The number of fused-ring (bicyclic) bond motifs is 1. The van der Waals surface area contributed by atoms with Gasteiger partial charge in [-0.1, -0.05) is 30.3 Å². The van der Waals surface area contributed by atoms with Gasteiger partial charge < -0.3 is 15.5 Å². The minimum atomic E-state index is -4.46. The molecular formula is C28H31F3N2O3. The molecule has 1 saturated heterocycles. The van der Waals surface area contributed by atoms with Crippen LogP contribution in [0.25, 0.3) is 6.08 Å². The first-order valence-electron chi connectivity index (χ1n) is 12.1. The molecule has 0 bridgehead atoms. The van der Waals surface area contributed by atoms with Crippen LogP contribution in [0.4, 0.5) is 13.2 Å². The Kier molecular flexibility index (Phi) is 7.57. The Morgan fingerprint density at radius 2 is 2.00 bits per heavy atom. The molecular weight excluding hydrogens is 469 g/mol. The van der Waals surface area contributed by atoms with Gasteiger partial charge in [-0.2, -0.15) is 13.2 Å². The number of carbonyl (C=O) groups excluding carboxylic acids is 1. The molecule has 1 amide bonds. The number of hydrogen-bond acceptors (Lipinski definition) is 4. The van der Waals surface area contributed by atoms with Gasteiger partial charge in [-0.25, -0.2) is 0 Å². The first kappa shape index (κ1) is 26.0. The first-order chi connectivity index (χ1) is 17.1. The van der Waals surface area contributed by atoms with Crippen molar-refractivity contribution < 1.29 is 28.2 Å². The number of benzene rings is 2. The number of nitrogens with zero attached hydrogens (tertiary/aromatic N) is 1. The second-order valence-electron chi connectivity index (χ2n) is 9.78. The highest BCUT2D eigenvalue weighted by Gasteiger charge is 2.52. The zero-order valence-corrected chi connectivity index (χ0v) is 19.9. The van der Waals surface area contributed by atoms with Crippen molar-refractivity contribution in [1.29, 1.82) is 0 Å². The van der Waals surface area contributed by atoms with Crippen LogP contribution >= 0.6 is 0 Å². The number of likely N-dealkylation sites (tertiary alicyclic amines) is 1. The molecule has 3 N–H and O–H groups in total. The summed E-state index contributed by atoms with van der Waals surface area (Å²) in [5.41, 5.74) is -0.00305. The normalized spacial score (nSPS) is 26.9. The van der Waals surface area contributed by atoms with Crippen molar-refractivity contribution in [1.82, 2.24) is 10.2 Å². The number of phenols is 1. The van der Waals surface area contributed by atoms with Gasteiger partial charge in [0.25, 0.3) is 0 Å². The molecule has 36 heavy (non-hydrogen) atoms. The third-order valence-electron chi connectivity index (χ3n) is 7.44. The van der Waals surface area contributed by atoms with Crippen molar-refractivity contribution >= 4 is 12.0 Å². The van der Waals surface area contributed by atoms with E-state index in [-0.39, 0.29) is 23.3 Å². The monoisotopic (exact) mass is 500 g/mol. The zero-order valence-electron chi connectivity index (χ0n) is 19.9. The molecule has 1 aliphatic heterocycles. The number of alkyl halides is 3. The molecule has 4 rings (SSSR count). The molecule has 0 aromatic heterocycles. The Hall–Kier alpha value is -3.10. The van der Waals surface area contributed by atoms with E-state index in [0.717, 1.165) is 37.2 Å². The minimum Gasteiger partial charge on any atom is -0.508 e. The Labute approximate surface area is 208 Å². The van der Waals surface area contributed by atoms with Gasteiger partial charge in [0.05, 0.1) is 11.7 Å². The van der Waals surface area contributed by atoms with Gasteiger partial charge in [0.15, 0.2) is 0 Å². The van der Waals surface area contributed by atoms with E-state index >= 15 is 0 Å². The highest BCUT2D eigenvalue weighted by Crippen LogP contribution is 2.49. The van der Waals surface area contributed by atoms with E-state index in [1.54, 1.807) is 18.2 Å². The fourth-order valence-corrected chi connectivity index (χ4v) is 5.80. The standard InChI is InChI=1S/C28H31F3N2O3/c1-2-12-33-13-11-27(20-6-4-8-23(34)15-20)17-22(16-25(35)24(27)18-33)32-26(36)10-9-19-5-3-7-21(14-19)28(29,30)31/h2-10,14-15,22,24-25,34-35H,1,11-13,16-18H2,(H,32,36). The highest BCUT2D eigenvalue weighted by molar-refractivity contribution is 5.92. The van der Waals surface area contributed by atoms with Crippen LogP contribution in [0.5, 0.6) is 5.75 Å². The number of piperidine rings is 1. The van der Waals surface area contributed by atoms with Gasteiger partial charge in [-0.3, -0.25) is 9.69 Å². The molecule has 0 radical (unpaired) electrons. The van der Waals surface area contributed by atoms with Crippen LogP contribution in [-0.2, 0) is 16.4 Å². The van der Waals surface area contributed by atoms with E-state index in [4.69, 9.17) is 0 Å². The maximum Gasteiger partial charge on any atom is 0.416 e. The smallest absolute Gasteiger partial charge is 0.416 e. The summed E-state index contributed by atoms with van der Waals surface area (Å²) in [6.07, 6.45) is 0.996. The van der Waals surface area contributed by atoms with E-state index in [0.29, 0.717) is 19.4 Å². The fraction of sp³-hybridized carbons (Fsp3) is 0.393. The third kappa shape index (κ3) is 5.65. The Morgan fingerprint density at radius 3 is 2.72 bits per heavy atom. The molecule has 8 heteroatoms. The van der Waals surface area contributed by atoms with Gasteiger partial charge >= 0.3 is 6.18 Å². The maximum atomic E-state index is 13.0. The lowest BCUT2D eigenvalue weighted by molar-refractivity contribution is -0.137. The van der Waals surface area contributed by atoms with Gasteiger partial charge in [-0.05, 0) is 67.3 Å². The van der Waals surface area contributed by atoms with Crippen molar-refractivity contribution in [2.75, 3.05) is 19.6 Å². The number of carbonyl (C=O) groups is 1. The fourth-order valence-electron chi connectivity index (χ4n) is 5.80. The molecule has 5 nitrogen and oxygen atoms in total. The summed E-state index contributed by atoms with van der Waals surface area (Å²) < 4.78 is 38.9. The SMILES string of the molecule is C=CCN1CCC2(c3cccc(O)c3)CC(NC(=O)C=Cc3cccc(C(F)(F)F)c3)CC(O)C2C1. The summed E-state index contributed by atoms with van der Waals surface area (Å²) in [6.45, 7) is 6.01. The molecule has 2 aliphatic rings. The van der Waals surface area contributed by atoms with Crippen LogP contribution in [0.1, 0.15) is 36.0 Å². The van der Waals surface area contributed by atoms with Crippen LogP contribution in [0, 0.1) is 5.92 Å². The first-order valence-corrected chi connectivity index (χ1v) is 12.1. The summed E-state index contributed by atoms with van der Waals surface area (Å²) in [5.74, 6) is -0.362. The molecule has 192 valence electrons. The van der Waals surface area contributed by atoms with Crippen molar-refractivity contribution in [2.45, 2.75) is 43.0 Å². The second kappa shape index (κ2) is 10.5. The molecule has 2 aromatic rings. The predicted molar refractivity (Wildman–Crippen MR) is 132 cm³/mol. The van der Waals surface area contributed by atoms with E-state index in [1.165, 1.54) is 24.3 Å². The maximum absolute atomic E-state index is 13.0. The van der Waals surface area contributed by atoms with Crippen molar-refractivity contribution in [3.63, 3.8) is 0 Å². The summed E-state index contributed by atoms with van der Waals surface area (Å²) in [4.78, 5) is 15.0. The van der Waals surface area contributed by atoms with Crippen LogP contribution in [0.2, 0.25) is 0 Å². The Morgan fingerprint density at radius 1 is 1.22 bits per heavy atom. The van der Waals surface area contributed by atoms with Gasteiger partial charge in [0.1, 0.15) is 5.75 Å². The molecule has 1 heterocycles. The largest absolute Gasteiger partial charge is 0.508 e. The Balaban J connectivity index is 1.53. The highest BCUT2D eigenvalue weighted by atomic mass is 19.4. The number of nitrogens with one attached hydrogen (secondary N) is 1. The average molecular weight is 501 g/mol. The number of halogens is 3. The third-order valence-corrected chi connectivity index (χ3v) is 7.44. The number of phenolic OH excluding ortho intramolecular Hbond substituents is 1. The number of amides is 1. The summed E-state index contributed by atoms with van der Waals surface area (Å²) in [5, 5.41) is 24.3. The molecule has 1 saturated carbocycles. The Bertz CT molecular complexity index is 1130. The molecule has 4 unspecified atom stereocenters. The van der Waals surface area contributed by atoms with Crippen LogP contribution in [0.15, 0.2) is 67.3 Å². The second-order valence-corrected chi connectivity index (χ2v) is 9.78. The lowest BCUT2D eigenvalue weighted by atomic mass is 9.57. The van der Waals surface area contributed by atoms with Crippen molar-refractivity contribution in [3.05, 3.63) is 84.0 Å². The molecule has 2 aromatic carbocycles. The van der Waals surface area contributed by atoms with Crippen LogP contribution < -0.4 is 5.32 Å². The average Bonchev–Trinajstić information content (AvgIpc) is 2.83. The van der Waals surface area contributed by atoms with Crippen molar-refractivity contribution in [3.8, 4) is 5.75 Å². The topological polar surface area (TPSA) is 72.8 Å². The van der Waals surface area contributed by atoms with E-state index in [1.807, 2.05) is 12.1 Å². The lowest BCUT2D eigenvalue weighted by Crippen LogP contribution is -2.60. The number of aliphatic hydroxyl groups excluding tert-OH is 1. The minimum absolute atomic E-state index is 0.0817. The van der Waals surface area contributed by atoms with Gasteiger partial charge in [-0.15, -0.1) is 6.58 Å². The predicted octanol–water partition coefficient (Wildman–Crippen LogP) is 4.51. The van der Waals surface area contributed by atoms with Crippen LogP contribution in [0.3, 0.4) is 0 Å². The zero-order chi connectivity index (χ0) is 25.9. The van der Waals surface area contributed by atoms with Gasteiger partial charge in [0.2, 0.25) is 5.91 Å². The number of rotatable bonds is 6. The van der Waals surface area contributed by atoms with Crippen LogP contribution in [-0.4, -0.2) is 52.8 Å². The quantitative estimate of drug-likeness (QED) is 0.403. The molecule has 1 aliphatic carbocycles.